The van der Waals surface area contributed by atoms with Crippen molar-refractivity contribution in [2.75, 3.05) is 12.4 Å². The maximum Gasteiger partial charge on any atom is 0.335 e. The second kappa shape index (κ2) is 8.45. The number of rotatable bonds is 4. The third kappa shape index (κ3) is 5.03. The first-order valence-corrected chi connectivity index (χ1v) is 8.67. The van der Waals surface area contributed by atoms with Crippen molar-refractivity contribution in [1.29, 1.82) is 0 Å². The van der Waals surface area contributed by atoms with Crippen molar-refractivity contribution in [3.05, 3.63) is 56.1 Å². The molecule has 0 spiro atoms. The van der Waals surface area contributed by atoms with Crippen molar-refractivity contribution in [2.24, 2.45) is 0 Å². The number of carbonyl (C=O) groups excluding carboxylic acids is 1. The molecule has 0 saturated carbocycles. The van der Waals surface area contributed by atoms with Crippen molar-refractivity contribution in [1.82, 2.24) is 5.32 Å². The summed E-state index contributed by atoms with van der Waals surface area (Å²) in [4.78, 5) is 23.4. The Balaban J connectivity index is 2.17. The summed E-state index contributed by atoms with van der Waals surface area (Å²) in [5.74, 6) is -1.19. The van der Waals surface area contributed by atoms with E-state index >= 15 is 0 Å². The van der Waals surface area contributed by atoms with E-state index in [-0.39, 0.29) is 16.2 Å². The molecule has 0 fully saturated rings. The van der Waals surface area contributed by atoms with Crippen LogP contribution in [0.4, 0.5) is 5.69 Å². The predicted octanol–water partition coefficient (Wildman–Crippen LogP) is 3.78. The Morgan fingerprint density at radius 2 is 1.96 bits per heavy atom. The first-order chi connectivity index (χ1) is 11.8. The Morgan fingerprint density at radius 1 is 1.24 bits per heavy atom. The summed E-state index contributed by atoms with van der Waals surface area (Å²) in [5.41, 5.74) is 0.656. The number of halogens is 2. The second-order valence-corrected chi connectivity index (χ2v) is 6.81. The number of carboxylic acids is 1. The molecule has 0 aromatic heterocycles. The Kier molecular flexibility index (Phi) is 6.57. The lowest BCUT2D eigenvalue weighted by atomic mass is 10.2. The lowest BCUT2D eigenvalue weighted by Gasteiger charge is -2.14. The van der Waals surface area contributed by atoms with E-state index in [1.54, 1.807) is 18.2 Å². The molecule has 0 saturated heterocycles. The second-order valence-electron chi connectivity index (χ2n) is 4.75. The van der Waals surface area contributed by atoms with Crippen LogP contribution in [0.2, 0.25) is 5.02 Å². The molecule has 0 bridgehead atoms. The molecule has 0 aliphatic heterocycles. The van der Waals surface area contributed by atoms with Gasteiger partial charge in [0.05, 0.1) is 28.9 Å². The molecule has 3 N–H and O–H groups in total. The smallest absolute Gasteiger partial charge is 0.335 e. The molecular formula is C16H12ClIN2O4S. The van der Waals surface area contributed by atoms with E-state index in [1.807, 2.05) is 0 Å². The van der Waals surface area contributed by atoms with Gasteiger partial charge < -0.3 is 15.2 Å². The predicted molar refractivity (Wildman–Crippen MR) is 108 cm³/mol. The summed E-state index contributed by atoms with van der Waals surface area (Å²) >= 11 is 13.2. The number of ether oxygens (including phenoxy) is 1. The van der Waals surface area contributed by atoms with Gasteiger partial charge in [0.1, 0.15) is 5.75 Å². The number of amides is 1. The molecule has 9 heteroatoms. The molecule has 2 rings (SSSR count). The molecule has 0 unspecified atom stereocenters. The summed E-state index contributed by atoms with van der Waals surface area (Å²) in [6.07, 6.45) is 0. The third-order valence-electron chi connectivity index (χ3n) is 3.09. The highest BCUT2D eigenvalue weighted by Crippen LogP contribution is 2.25. The number of hydrogen-bond donors (Lipinski definition) is 3. The molecule has 0 atom stereocenters. The summed E-state index contributed by atoms with van der Waals surface area (Å²) in [6.45, 7) is 0. The first kappa shape index (κ1) is 19.4. The molecule has 2 aromatic rings. The highest BCUT2D eigenvalue weighted by atomic mass is 127. The lowest BCUT2D eigenvalue weighted by molar-refractivity contribution is 0.0696. The van der Waals surface area contributed by atoms with Crippen LogP contribution < -0.4 is 15.4 Å². The van der Waals surface area contributed by atoms with Crippen molar-refractivity contribution < 1.29 is 19.4 Å². The average molecular weight is 491 g/mol. The largest absolute Gasteiger partial charge is 0.495 e. The number of benzene rings is 2. The van der Waals surface area contributed by atoms with E-state index < -0.39 is 11.9 Å². The number of nitrogens with one attached hydrogen (secondary N) is 2. The van der Waals surface area contributed by atoms with E-state index in [0.29, 0.717) is 16.5 Å². The molecular weight excluding hydrogens is 479 g/mol. The standard InChI is InChI=1S/C16H12ClIN2O4S/c1-24-13-5-2-8(15(22)23)6-12(13)19-16(25)20-14(21)10-7-9(18)3-4-11(10)17/h2-7H,1H3,(H,22,23)(H2,19,20,21,25). The van der Waals surface area contributed by atoms with Gasteiger partial charge in [-0.15, -0.1) is 0 Å². The fourth-order valence-corrected chi connectivity index (χ4v) is 2.83. The van der Waals surface area contributed by atoms with Gasteiger partial charge in [-0.05, 0) is 71.2 Å². The highest BCUT2D eigenvalue weighted by molar-refractivity contribution is 14.1. The number of thiocarbonyl (C=S) groups is 1. The van der Waals surface area contributed by atoms with Gasteiger partial charge >= 0.3 is 5.97 Å². The molecule has 1 amide bonds. The monoisotopic (exact) mass is 490 g/mol. The quantitative estimate of drug-likeness (QED) is 0.447. The van der Waals surface area contributed by atoms with E-state index in [1.165, 1.54) is 25.3 Å². The Bertz CT molecular complexity index is 860. The van der Waals surface area contributed by atoms with Gasteiger partial charge in [-0.2, -0.15) is 0 Å². The van der Waals surface area contributed by atoms with Crippen LogP contribution in [-0.4, -0.2) is 29.2 Å². The normalized spacial score (nSPS) is 10.0. The zero-order valence-electron chi connectivity index (χ0n) is 12.8. The van der Waals surface area contributed by atoms with Crippen LogP contribution >= 0.6 is 46.4 Å². The lowest BCUT2D eigenvalue weighted by Crippen LogP contribution is -2.34. The van der Waals surface area contributed by atoms with Crippen LogP contribution in [0, 0.1) is 3.57 Å². The number of carboxylic acid groups (broad SMARTS) is 1. The van der Waals surface area contributed by atoms with Gasteiger partial charge in [-0.1, -0.05) is 11.6 Å². The van der Waals surface area contributed by atoms with Gasteiger partial charge in [0.15, 0.2) is 5.11 Å². The highest BCUT2D eigenvalue weighted by Gasteiger charge is 2.14. The maximum atomic E-state index is 12.3. The zero-order valence-corrected chi connectivity index (χ0v) is 16.5. The van der Waals surface area contributed by atoms with Gasteiger partial charge in [-0.3, -0.25) is 10.1 Å². The van der Waals surface area contributed by atoms with Crippen LogP contribution in [0.5, 0.6) is 5.75 Å². The van der Waals surface area contributed by atoms with Crippen LogP contribution in [0.25, 0.3) is 0 Å². The van der Waals surface area contributed by atoms with Crippen LogP contribution in [0.15, 0.2) is 36.4 Å². The molecule has 0 aliphatic carbocycles. The van der Waals surface area contributed by atoms with Gasteiger partial charge in [0.2, 0.25) is 0 Å². The molecule has 0 radical (unpaired) electrons. The molecule has 0 heterocycles. The topological polar surface area (TPSA) is 87.7 Å². The van der Waals surface area contributed by atoms with Crippen molar-refractivity contribution >= 4 is 69.1 Å². The van der Waals surface area contributed by atoms with Gasteiger partial charge in [0, 0.05) is 3.57 Å². The van der Waals surface area contributed by atoms with Crippen LogP contribution in [0.1, 0.15) is 20.7 Å². The average Bonchev–Trinajstić information content (AvgIpc) is 2.56. The van der Waals surface area contributed by atoms with E-state index in [2.05, 4.69) is 33.2 Å². The third-order valence-corrected chi connectivity index (χ3v) is 4.30. The Morgan fingerprint density at radius 3 is 2.60 bits per heavy atom. The number of hydrogen-bond acceptors (Lipinski definition) is 4. The molecule has 130 valence electrons. The summed E-state index contributed by atoms with van der Waals surface area (Å²) in [7, 11) is 1.44. The first-order valence-electron chi connectivity index (χ1n) is 6.80. The number of anilines is 1. The van der Waals surface area contributed by atoms with E-state index in [4.69, 9.17) is 33.7 Å². The van der Waals surface area contributed by atoms with E-state index in [9.17, 15) is 9.59 Å². The number of aromatic carboxylic acids is 1. The summed E-state index contributed by atoms with van der Waals surface area (Å²) in [5, 5.41) is 14.6. The van der Waals surface area contributed by atoms with E-state index in [0.717, 1.165) is 3.57 Å². The fourth-order valence-electron chi connectivity index (χ4n) is 1.93. The number of methoxy groups -OCH3 is 1. The maximum absolute atomic E-state index is 12.3. The van der Waals surface area contributed by atoms with Crippen molar-refractivity contribution in [3.63, 3.8) is 0 Å². The van der Waals surface area contributed by atoms with Crippen LogP contribution in [0.3, 0.4) is 0 Å². The minimum atomic E-state index is -1.09. The zero-order chi connectivity index (χ0) is 18.6. The molecule has 2 aromatic carbocycles. The fraction of sp³-hybridized carbons (Fsp3) is 0.0625. The molecule has 0 aliphatic rings. The van der Waals surface area contributed by atoms with Gasteiger partial charge in [-0.25, -0.2) is 4.79 Å². The Hall–Kier alpha value is -1.91. The van der Waals surface area contributed by atoms with Crippen molar-refractivity contribution in [3.8, 4) is 5.75 Å². The summed E-state index contributed by atoms with van der Waals surface area (Å²) < 4.78 is 6.00. The SMILES string of the molecule is COc1ccc(C(=O)O)cc1NC(=S)NC(=O)c1cc(I)ccc1Cl. The van der Waals surface area contributed by atoms with Crippen LogP contribution in [-0.2, 0) is 0 Å². The minimum absolute atomic E-state index is 0.0132. The molecule has 25 heavy (non-hydrogen) atoms. The molecule has 6 nitrogen and oxygen atoms in total. The minimum Gasteiger partial charge on any atom is -0.495 e. The van der Waals surface area contributed by atoms with Crippen molar-refractivity contribution in [2.45, 2.75) is 0 Å². The van der Waals surface area contributed by atoms with Gasteiger partial charge in [0.25, 0.3) is 5.91 Å². The summed E-state index contributed by atoms with van der Waals surface area (Å²) in [6, 6.07) is 9.28. The number of carbonyl (C=O) groups is 2. The Labute approximate surface area is 167 Å².